The van der Waals surface area contributed by atoms with E-state index in [1.54, 1.807) is 0 Å². The molecule has 0 aliphatic carbocycles. The zero-order valence-electron chi connectivity index (χ0n) is 11.4. The van der Waals surface area contributed by atoms with E-state index >= 15 is 0 Å². The number of fused-ring (bicyclic) bond motifs is 1. The molecule has 0 amide bonds. The summed E-state index contributed by atoms with van der Waals surface area (Å²) in [5.41, 5.74) is 0.350. The topological polar surface area (TPSA) is 60.9 Å². The Balaban J connectivity index is 2.03. The number of H-pyrrole nitrogens is 1. The summed E-state index contributed by atoms with van der Waals surface area (Å²) < 4.78 is 27.4. The predicted molar refractivity (Wildman–Crippen MR) is 71.2 cm³/mol. The number of hydrogen-bond donors (Lipinski definition) is 3. The van der Waals surface area contributed by atoms with Gasteiger partial charge in [-0.3, -0.25) is 5.10 Å². The van der Waals surface area contributed by atoms with Crippen LogP contribution >= 0.6 is 0 Å². The van der Waals surface area contributed by atoms with Crippen LogP contribution in [-0.4, -0.2) is 26.9 Å². The highest BCUT2D eigenvalue weighted by Crippen LogP contribution is 2.34. The van der Waals surface area contributed by atoms with E-state index in [4.69, 9.17) is 0 Å². The Labute approximate surface area is 115 Å². The van der Waals surface area contributed by atoms with Gasteiger partial charge >= 0.3 is 0 Å². The minimum absolute atomic E-state index is 0.0764. The molecule has 1 aliphatic heterocycles. The third-order valence-corrected chi connectivity index (χ3v) is 3.96. The van der Waals surface area contributed by atoms with Crippen LogP contribution in [0, 0.1) is 11.8 Å². The molecular formula is C14H17F2N3O. The average Bonchev–Trinajstić information content (AvgIpc) is 2.91. The van der Waals surface area contributed by atoms with E-state index in [2.05, 4.69) is 15.5 Å². The third-order valence-electron chi connectivity index (χ3n) is 3.96. The fourth-order valence-electron chi connectivity index (χ4n) is 2.95. The molecule has 0 radical (unpaired) electrons. The van der Waals surface area contributed by atoms with Gasteiger partial charge in [-0.25, -0.2) is 4.39 Å². The zero-order valence-corrected chi connectivity index (χ0v) is 11.4. The second-order valence-electron chi connectivity index (χ2n) is 6.04. The lowest BCUT2D eigenvalue weighted by Crippen LogP contribution is -2.40. The molecule has 0 saturated carbocycles. The van der Waals surface area contributed by atoms with Gasteiger partial charge in [-0.05, 0) is 38.3 Å². The molecule has 1 aromatic carbocycles. The van der Waals surface area contributed by atoms with E-state index in [0.717, 1.165) is 18.9 Å². The van der Waals surface area contributed by atoms with Gasteiger partial charge in [0, 0.05) is 17.6 Å². The Morgan fingerprint density at radius 2 is 2.15 bits per heavy atom. The van der Waals surface area contributed by atoms with Crippen LogP contribution in [0.1, 0.15) is 38.4 Å². The van der Waals surface area contributed by atoms with Gasteiger partial charge in [0.05, 0.1) is 17.0 Å². The molecule has 108 valence electrons. The summed E-state index contributed by atoms with van der Waals surface area (Å²) in [6.45, 7) is 4.08. The Morgan fingerprint density at radius 1 is 1.40 bits per heavy atom. The minimum atomic E-state index is -0.970. The molecule has 3 rings (SSSR count). The molecule has 2 atom stereocenters. The van der Waals surface area contributed by atoms with E-state index in [-0.39, 0.29) is 28.0 Å². The normalized spacial score (nSPS) is 23.4. The molecule has 0 bridgehead atoms. The van der Waals surface area contributed by atoms with Crippen molar-refractivity contribution in [2.45, 2.75) is 44.4 Å². The van der Waals surface area contributed by atoms with E-state index in [1.807, 2.05) is 13.8 Å². The SMILES string of the molecule is CC1(C)CC[C@@H]([C@H](O)c2cc(F)cc3n[nH]c(F)c23)N1. The number of aliphatic hydroxyl groups excluding tert-OH is 1. The summed E-state index contributed by atoms with van der Waals surface area (Å²) in [7, 11) is 0. The average molecular weight is 281 g/mol. The quantitative estimate of drug-likeness (QED) is 0.792. The highest BCUT2D eigenvalue weighted by Gasteiger charge is 2.35. The van der Waals surface area contributed by atoms with Crippen molar-refractivity contribution in [1.82, 2.24) is 15.5 Å². The lowest BCUT2D eigenvalue weighted by atomic mass is 9.97. The van der Waals surface area contributed by atoms with Crippen LogP contribution in [0.5, 0.6) is 0 Å². The molecule has 1 saturated heterocycles. The van der Waals surface area contributed by atoms with Crippen molar-refractivity contribution in [1.29, 1.82) is 0 Å². The van der Waals surface area contributed by atoms with Crippen molar-refractivity contribution in [3.63, 3.8) is 0 Å². The Morgan fingerprint density at radius 3 is 2.80 bits per heavy atom. The number of aromatic amines is 1. The maximum atomic E-state index is 13.8. The van der Waals surface area contributed by atoms with E-state index in [9.17, 15) is 13.9 Å². The van der Waals surface area contributed by atoms with Crippen LogP contribution in [0.3, 0.4) is 0 Å². The van der Waals surface area contributed by atoms with Crippen LogP contribution in [-0.2, 0) is 0 Å². The number of nitrogens with one attached hydrogen (secondary N) is 2. The molecule has 20 heavy (non-hydrogen) atoms. The number of benzene rings is 1. The van der Waals surface area contributed by atoms with Crippen LogP contribution in [0.2, 0.25) is 0 Å². The van der Waals surface area contributed by atoms with Gasteiger partial charge in [0.25, 0.3) is 0 Å². The fraction of sp³-hybridized carbons (Fsp3) is 0.500. The standard InChI is InChI=1S/C14H17F2N3O/c1-14(2)4-3-9(17-14)12(20)8-5-7(15)6-10-11(8)13(16)19-18-10/h5-6,9,12,17,20H,3-4H2,1-2H3,(H,18,19)/t9-,12+/m0/s1. The van der Waals surface area contributed by atoms with Gasteiger partial charge in [0.15, 0.2) is 0 Å². The summed E-state index contributed by atoms with van der Waals surface area (Å²) in [6, 6.07) is 2.11. The number of rotatable bonds is 2. The van der Waals surface area contributed by atoms with Crippen molar-refractivity contribution < 1.29 is 13.9 Å². The van der Waals surface area contributed by atoms with Gasteiger partial charge < -0.3 is 10.4 Å². The molecule has 4 nitrogen and oxygen atoms in total. The fourth-order valence-corrected chi connectivity index (χ4v) is 2.95. The molecule has 2 heterocycles. The summed E-state index contributed by atoms with van der Waals surface area (Å²) >= 11 is 0. The van der Waals surface area contributed by atoms with Gasteiger partial charge in [-0.15, -0.1) is 0 Å². The number of hydrogen-bond acceptors (Lipinski definition) is 3. The minimum Gasteiger partial charge on any atom is -0.387 e. The number of aromatic nitrogens is 2. The Hall–Kier alpha value is -1.53. The maximum Gasteiger partial charge on any atom is 0.217 e. The van der Waals surface area contributed by atoms with Gasteiger partial charge in [-0.1, -0.05) is 0 Å². The van der Waals surface area contributed by atoms with E-state index in [0.29, 0.717) is 0 Å². The van der Waals surface area contributed by atoms with Gasteiger partial charge in [0.2, 0.25) is 5.95 Å². The highest BCUT2D eigenvalue weighted by atomic mass is 19.1. The van der Waals surface area contributed by atoms with Crippen molar-refractivity contribution in [3.05, 3.63) is 29.5 Å². The van der Waals surface area contributed by atoms with Crippen molar-refractivity contribution >= 4 is 10.9 Å². The van der Waals surface area contributed by atoms with Crippen molar-refractivity contribution in [2.24, 2.45) is 0 Å². The molecule has 0 spiro atoms. The smallest absolute Gasteiger partial charge is 0.217 e. The highest BCUT2D eigenvalue weighted by molar-refractivity contribution is 5.82. The second-order valence-corrected chi connectivity index (χ2v) is 6.04. The molecule has 6 heteroatoms. The first-order valence-corrected chi connectivity index (χ1v) is 6.66. The van der Waals surface area contributed by atoms with Crippen LogP contribution < -0.4 is 5.32 Å². The van der Waals surface area contributed by atoms with Crippen LogP contribution in [0.25, 0.3) is 10.9 Å². The lowest BCUT2D eigenvalue weighted by Gasteiger charge is -2.24. The number of halogens is 2. The second kappa shape index (κ2) is 4.49. The first-order valence-electron chi connectivity index (χ1n) is 6.66. The molecule has 1 aliphatic rings. The first kappa shape index (κ1) is 13.5. The molecule has 3 N–H and O–H groups in total. The predicted octanol–water partition coefficient (Wildman–Crippen LogP) is 2.41. The summed E-state index contributed by atoms with van der Waals surface area (Å²) in [4.78, 5) is 0. The van der Waals surface area contributed by atoms with Gasteiger partial charge in [0.1, 0.15) is 5.82 Å². The molecular weight excluding hydrogens is 264 g/mol. The number of nitrogens with zero attached hydrogens (tertiary/aromatic N) is 1. The van der Waals surface area contributed by atoms with Gasteiger partial charge in [-0.2, -0.15) is 9.49 Å². The van der Waals surface area contributed by atoms with E-state index in [1.165, 1.54) is 6.07 Å². The molecule has 1 aromatic heterocycles. The van der Waals surface area contributed by atoms with Crippen molar-refractivity contribution in [3.8, 4) is 0 Å². The van der Waals surface area contributed by atoms with Crippen molar-refractivity contribution in [2.75, 3.05) is 0 Å². The molecule has 1 fully saturated rings. The summed E-state index contributed by atoms with van der Waals surface area (Å²) in [6.07, 6.45) is 0.689. The Kier molecular flexibility index (Phi) is 3.02. The number of aliphatic hydroxyl groups is 1. The zero-order chi connectivity index (χ0) is 14.5. The first-order chi connectivity index (χ1) is 9.37. The maximum absolute atomic E-state index is 13.8. The van der Waals surface area contributed by atoms with Crippen LogP contribution in [0.4, 0.5) is 8.78 Å². The largest absolute Gasteiger partial charge is 0.387 e. The lowest BCUT2D eigenvalue weighted by molar-refractivity contribution is 0.132. The summed E-state index contributed by atoms with van der Waals surface area (Å²) in [5.74, 6) is -1.18. The Bertz CT molecular complexity index is 653. The summed E-state index contributed by atoms with van der Waals surface area (Å²) in [5, 5.41) is 19.8. The monoisotopic (exact) mass is 281 g/mol. The third kappa shape index (κ3) is 2.19. The molecule has 2 aromatic rings. The van der Waals surface area contributed by atoms with Crippen LogP contribution in [0.15, 0.2) is 12.1 Å². The van der Waals surface area contributed by atoms with E-state index < -0.39 is 17.9 Å². The molecule has 0 unspecified atom stereocenters.